The smallest absolute Gasteiger partial charge is 0.251 e. The predicted molar refractivity (Wildman–Crippen MR) is 103 cm³/mol. The zero-order chi connectivity index (χ0) is 19.4. The number of rotatable bonds is 4. The van der Waals surface area contributed by atoms with Gasteiger partial charge in [0.2, 0.25) is 5.91 Å². The van der Waals surface area contributed by atoms with Gasteiger partial charge in [0.15, 0.2) is 4.80 Å². The van der Waals surface area contributed by atoms with Crippen LogP contribution in [-0.4, -0.2) is 34.4 Å². The molecule has 5 nitrogen and oxygen atoms in total. The summed E-state index contributed by atoms with van der Waals surface area (Å²) in [4.78, 5) is 31.4. The second-order valence-electron chi connectivity index (χ2n) is 7.11. The van der Waals surface area contributed by atoms with Crippen LogP contribution in [0.3, 0.4) is 0 Å². The molecule has 0 N–H and O–H groups in total. The lowest BCUT2D eigenvalue weighted by Gasteiger charge is -2.31. The molecule has 1 aliphatic rings. The lowest BCUT2D eigenvalue weighted by atomic mass is 9.95. The highest BCUT2D eigenvalue weighted by Crippen LogP contribution is 2.20. The van der Waals surface area contributed by atoms with Gasteiger partial charge in [-0.1, -0.05) is 32.0 Å². The Bertz CT molecular complexity index is 879. The summed E-state index contributed by atoms with van der Waals surface area (Å²) >= 11 is 1.36. The first kappa shape index (κ1) is 19.5. The Kier molecular flexibility index (Phi) is 6.21. The topological polar surface area (TPSA) is 54.7 Å². The molecular weight excluding hydrogens is 365 g/mol. The van der Waals surface area contributed by atoms with Crippen LogP contribution in [-0.2, 0) is 16.1 Å². The minimum Gasteiger partial charge on any atom is -0.342 e. The van der Waals surface area contributed by atoms with Crippen LogP contribution in [0, 0.1) is 17.7 Å². The molecule has 1 fully saturated rings. The molecule has 0 saturated carbocycles. The summed E-state index contributed by atoms with van der Waals surface area (Å²) in [6.45, 7) is 5.31. The highest BCUT2D eigenvalue weighted by atomic mass is 32.1. The first-order valence-electron chi connectivity index (χ1n) is 9.20. The molecule has 144 valence electrons. The van der Waals surface area contributed by atoms with Gasteiger partial charge in [0.05, 0.1) is 6.54 Å². The van der Waals surface area contributed by atoms with Crippen LogP contribution < -0.4 is 4.80 Å². The van der Waals surface area contributed by atoms with Gasteiger partial charge in [0.1, 0.15) is 5.82 Å². The summed E-state index contributed by atoms with van der Waals surface area (Å²) in [5.41, 5.74) is 0.560. The molecule has 1 aliphatic heterocycles. The van der Waals surface area contributed by atoms with Crippen molar-refractivity contribution < 1.29 is 14.0 Å². The molecule has 0 aliphatic carbocycles. The maximum atomic E-state index is 13.9. The van der Waals surface area contributed by atoms with E-state index in [1.807, 2.05) is 30.3 Å². The standard InChI is InChI=1S/C20H24FN3O2S/c1-14(2)19(26)23-9-7-15(8-10-23)18(25)22-20-24(11-12-27-20)13-16-5-3-4-6-17(16)21/h3-6,11-12,14-15H,7-10,13H2,1-2H3. The third-order valence-electron chi connectivity index (χ3n) is 4.81. The number of nitrogens with zero attached hydrogens (tertiary/aromatic N) is 3. The fourth-order valence-electron chi connectivity index (χ4n) is 3.21. The lowest BCUT2D eigenvalue weighted by Crippen LogP contribution is -2.42. The molecule has 2 heterocycles. The number of carbonyl (C=O) groups excluding carboxylic acids is 2. The Balaban J connectivity index is 1.68. The lowest BCUT2D eigenvalue weighted by molar-refractivity contribution is -0.137. The van der Waals surface area contributed by atoms with Gasteiger partial charge in [-0.05, 0) is 18.9 Å². The zero-order valence-electron chi connectivity index (χ0n) is 15.6. The SMILES string of the molecule is CC(C)C(=O)N1CCC(C(=O)N=c2sccn2Cc2ccccc2F)CC1. The monoisotopic (exact) mass is 389 g/mol. The normalized spacial score (nSPS) is 16.1. The first-order valence-corrected chi connectivity index (χ1v) is 10.1. The van der Waals surface area contributed by atoms with Crippen molar-refractivity contribution in [3.05, 3.63) is 52.0 Å². The second kappa shape index (κ2) is 8.61. The van der Waals surface area contributed by atoms with E-state index in [2.05, 4.69) is 4.99 Å². The number of halogens is 1. The number of hydrogen-bond donors (Lipinski definition) is 0. The molecule has 0 bridgehead atoms. The van der Waals surface area contributed by atoms with Crippen LogP contribution in [0.25, 0.3) is 0 Å². The summed E-state index contributed by atoms with van der Waals surface area (Å²) < 4.78 is 15.7. The molecule has 2 aromatic rings. The molecule has 0 radical (unpaired) electrons. The Labute approximate surface area is 162 Å². The minimum atomic E-state index is -0.268. The molecule has 1 aromatic carbocycles. The van der Waals surface area contributed by atoms with Crippen LogP contribution in [0.2, 0.25) is 0 Å². The number of thiazole rings is 1. The Hall–Kier alpha value is -2.28. The predicted octanol–water partition coefficient (Wildman–Crippen LogP) is 3.06. The van der Waals surface area contributed by atoms with Gasteiger partial charge in [-0.3, -0.25) is 9.59 Å². The summed E-state index contributed by atoms with van der Waals surface area (Å²) in [7, 11) is 0. The molecule has 7 heteroatoms. The Morgan fingerprint density at radius 2 is 1.96 bits per heavy atom. The van der Waals surface area contributed by atoms with E-state index in [9.17, 15) is 14.0 Å². The van der Waals surface area contributed by atoms with Crippen LogP contribution in [0.4, 0.5) is 4.39 Å². The third kappa shape index (κ3) is 4.71. The van der Waals surface area contributed by atoms with Gasteiger partial charge in [0, 0.05) is 42.1 Å². The van der Waals surface area contributed by atoms with E-state index in [-0.39, 0.29) is 29.5 Å². The van der Waals surface area contributed by atoms with Crippen LogP contribution in [0.5, 0.6) is 0 Å². The first-order chi connectivity index (χ1) is 13.0. The molecule has 0 atom stereocenters. The summed E-state index contributed by atoms with van der Waals surface area (Å²) in [5.74, 6) is -0.471. The number of amides is 2. The van der Waals surface area contributed by atoms with E-state index < -0.39 is 0 Å². The van der Waals surface area contributed by atoms with Crippen molar-refractivity contribution in [2.45, 2.75) is 33.2 Å². The van der Waals surface area contributed by atoms with Crippen LogP contribution in [0.15, 0.2) is 40.8 Å². The van der Waals surface area contributed by atoms with E-state index in [1.54, 1.807) is 22.8 Å². The van der Waals surface area contributed by atoms with E-state index >= 15 is 0 Å². The second-order valence-corrected chi connectivity index (χ2v) is 7.98. The number of piperidine rings is 1. The zero-order valence-corrected chi connectivity index (χ0v) is 16.4. The van der Waals surface area contributed by atoms with Crippen LogP contribution >= 0.6 is 11.3 Å². The van der Waals surface area contributed by atoms with Crippen molar-refractivity contribution in [3.63, 3.8) is 0 Å². The molecule has 3 rings (SSSR count). The van der Waals surface area contributed by atoms with Gasteiger partial charge in [-0.15, -0.1) is 11.3 Å². The summed E-state index contributed by atoms with van der Waals surface area (Å²) in [6.07, 6.45) is 3.09. The highest BCUT2D eigenvalue weighted by Gasteiger charge is 2.28. The largest absolute Gasteiger partial charge is 0.342 e. The van der Waals surface area contributed by atoms with Gasteiger partial charge in [0.25, 0.3) is 5.91 Å². The number of aromatic nitrogens is 1. The maximum absolute atomic E-state index is 13.9. The van der Waals surface area contributed by atoms with Crippen LogP contribution in [0.1, 0.15) is 32.3 Å². The molecule has 1 aromatic heterocycles. The van der Waals surface area contributed by atoms with E-state index in [4.69, 9.17) is 0 Å². The molecule has 0 spiro atoms. The quantitative estimate of drug-likeness (QED) is 0.807. The Morgan fingerprint density at radius 1 is 1.26 bits per heavy atom. The number of benzene rings is 1. The maximum Gasteiger partial charge on any atom is 0.251 e. The summed E-state index contributed by atoms with van der Waals surface area (Å²) in [6, 6.07) is 6.60. The van der Waals surface area contributed by atoms with Crippen molar-refractivity contribution in [2.24, 2.45) is 16.8 Å². The third-order valence-corrected chi connectivity index (χ3v) is 5.61. The van der Waals surface area contributed by atoms with E-state index in [1.165, 1.54) is 17.4 Å². The van der Waals surface area contributed by atoms with Crippen molar-refractivity contribution >= 4 is 23.2 Å². The van der Waals surface area contributed by atoms with Crippen molar-refractivity contribution in [3.8, 4) is 0 Å². The average Bonchev–Trinajstić information content (AvgIpc) is 3.09. The average molecular weight is 389 g/mol. The van der Waals surface area contributed by atoms with Gasteiger partial charge < -0.3 is 9.47 Å². The fraction of sp³-hybridized carbons (Fsp3) is 0.450. The number of likely N-dealkylation sites (tertiary alicyclic amines) is 1. The molecule has 2 amide bonds. The van der Waals surface area contributed by atoms with Gasteiger partial charge in [-0.25, -0.2) is 4.39 Å². The van der Waals surface area contributed by atoms with E-state index in [0.29, 0.717) is 42.8 Å². The molecular formula is C20H24FN3O2S. The van der Waals surface area contributed by atoms with Crippen molar-refractivity contribution in [2.75, 3.05) is 13.1 Å². The molecule has 0 unspecified atom stereocenters. The highest BCUT2D eigenvalue weighted by molar-refractivity contribution is 7.07. The number of carbonyl (C=O) groups is 2. The minimum absolute atomic E-state index is 0.0228. The van der Waals surface area contributed by atoms with Crippen molar-refractivity contribution in [1.82, 2.24) is 9.47 Å². The van der Waals surface area contributed by atoms with Gasteiger partial charge in [-0.2, -0.15) is 4.99 Å². The molecule has 1 saturated heterocycles. The van der Waals surface area contributed by atoms with Crippen molar-refractivity contribution in [1.29, 1.82) is 0 Å². The fourth-order valence-corrected chi connectivity index (χ4v) is 3.95. The van der Waals surface area contributed by atoms with E-state index in [0.717, 1.165) is 0 Å². The summed E-state index contributed by atoms with van der Waals surface area (Å²) in [5, 5.41) is 1.84. The Morgan fingerprint density at radius 3 is 2.63 bits per heavy atom. The molecule has 27 heavy (non-hydrogen) atoms. The number of hydrogen-bond acceptors (Lipinski definition) is 3. The van der Waals surface area contributed by atoms with Gasteiger partial charge >= 0.3 is 0 Å².